The highest BCUT2D eigenvalue weighted by molar-refractivity contribution is 6.31. The minimum Gasteiger partial charge on any atom is -0.434 e. The van der Waals surface area contributed by atoms with Crippen LogP contribution in [0.25, 0.3) is 11.0 Å². The largest absolute Gasteiger partial charge is 0.434 e. The monoisotopic (exact) mass is 425 g/mol. The Balaban J connectivity index is 1.66. The number of anilines is 2. The first-order chi connectivity index (χ1) is 14.6. The Bertz CT molecular complexity index is 1280. The lowest BCUT2D eigenvalue weighted by Gasteiger charge is -2.35. The second-order valence-electron chi connectivity index (χ2n) is 7.23. The summed E-state index contributed by atoms with van der Waals surface area (Å²) in [6.45, 7) is -2.93. The van der Waals surface area contributed by atoms with E-state index in [9.17, 15) is 8.78 Å². The first-order valence-electron chi connectivity index (χ1n) is 9.43. The summed E-state index contributed by atoms with van der Waals surface area (Å²) in [5.74, 6) is 1.45. The van der Waals surface area contributed by atoms with Gasteiger partial charge in [-0.3, -0.25) is 4.90 Å². The summed E-state index contributed by atoms with van der Waals surface area (Å²) in [5.41, 5.74) is 3.06. The Morgan fingerprint density at radius 3 is 2.70 bits per heavy atom. The number of hydrogen-bond donors (Lipinski definition) is 0. The summed E-state index contributed by atoms with van der Waals surface area (Å²) in [4.78, 5) is 15.6. The first-order valence-corrected chi connectivity index (χ1v) is 9.81. The Kier molecular flexibility index (Phi) is 3.73. The average molecular weight is 426 g/mol. The Hall–Kier alpha value is -3.26. The van der Waals surface area contributed by atoms with Gasteiger partial charge in [0.05, 0.1) is 28.8 Å². The quantitative estimate of drug-likeness (QED) is 0.447. The number of halogens is 3. The van der Waals surface area contributed by atoms with Gasteiger partial charge in [0, 0.05) is 29.4 Å². The maximum absolute atomic E-state index is 13.2. The van der Waals surface area contributed by atoms with E-state index in [0.717, 1.165) is 22.5 Å². The van der Waals surface area contributed by atoms with Crippen molar-refractivity contribution in [2.45, 2.75) is 25.1 Å². The van der Waals surface area contributed by atoms with Gasteiger partial charge < -0.3 is 9.30 Å². The maximum Gasteiger partial charge on any atom is 0.387 e. The van der Waals surface area contributed by atoms with E-state index in [-0.39, 0.29) is 17.8 Å². The minimum atomic E-state index is -2.93. The third-order valence-electron chi connectivity index (χ3n) is 5.67. The molecule has 2 aromatic heterocycles. The van der Waals surface area contributed by atoms with Gasteiger partial charge in [-0.15, -0.1) is 0 Å². The average Bonchev–Trinajstić information content (AvgIpc) is 3.25. The molecule has 6 nitrogen and oxygen atoms in total. The molecule has 4 aromatic rings. The van der Waals surface area contributed by atoms with Gasteiger partial charge in [0.2, 0.25) is 5.95 Å². The molecule has 30 heavy (non-hydrogen) atoms. The van der Waals surface area contributed by atoms with E-state index < -0.39 is 6.61 Å². The van der Waals surface area contributed by atoms with Crippen molar-refractivity contribution < 1.29 is 13.5 Å². The molecule has 0 aliphatic carbocycles. The van der Waals surface area contributed by atoms with Crippen molar-refractivity contribution in [3.05, 3.63) is 71.3 Å². The number of nitrogens with zero attached hydrogens (tertiary/aromatic N) is 5. The Labute approximate surface area is 174 Å². The number of aromatic nitrogens is 4. The predicted molar refractivity (Wildman–Crippen MR) is 107 cm³/mol. The highest BCUT2D eigenvalue weighted by Gasteiger charge is 2.47. The lowest BCUT2D eigenvalue weighted by Crippen LogP contribution is -2.29. The van der Waals surface area contributed by atoms with Crippen LogP contribution in [0.3, 0.4) is 0 Å². The molecule has 2 aliphatic heterocycles. The van der Waals surface area contributed by atoms with Crippen LogP contribution in [0.15, 0.2) is 54.9 Å². The molecular weight excluding hydrogens is 412 g/mol. The van der Waals surface area contributed by atoms with Crippen LogP contribution in [-0.2, 0) is 0 Å². The number of rotatable bonds is 3. The molecule has 0 amide bonds. The normalized spacial score (nSPS) is 19.3. The van der Waals surface area contributed by atoms with E-state index >= 15 is 0 Å². The van der Waals surface area contributed by atoms with Gasteiger partial charge in [0.25, 0.3) is 0 Å². The Morgan fingerprint density at radius 2 is 1.90 bits per heavy atom. The molecule has 4 heterocycles. The number of imidazole rings is 1. The van der Waals surface area contributed by atoms with Crippen LogP contribution in [0, 0.1) is 0 Å². The zero-order chi connectivity index (χ0) is 20.4. The van der Waals surface area contributed by atoms with Gasteiger partial charge in [0.15, 0.2) is 0 Å². The molecule has 0 fully saturated rings. The maximum atomic E-state index is 13.2. The zero-order valence-corrected chi connectivity index (χ0v) is 16.2. The molecule has 2 aliphatic rings. The number of ether oxygens (including phenoxy) is 1. The van der Waals surface area contributed by atoms with Crippen molar-refractivity contribution in [1.29, 1.82) is 0 Å². The summed E-state index contributed by atoms with van der Waals surface area (Å²) in [6, 6.07) is 12.0. The van der Waals surface area contributed by atoms with Crippen LogP contribution in [0.4, 0.5) is 20.4 Å². The third kappa shape index (κ3) is 2.43. The molecule has 0 saturated heterocycles. The number of alkyl halides is 2. The van der Waals surface area contributed by atoms with E-state index in [1.54, 1.807) is 36.7 Å². The van der Waals surface area contributed by atoms with Crippen LogP contribution in [0.5, 0.6) is 5.75 Å². The summed E-state index contributed by atoms with van der Waals surface area (Å²) in [6.07, 6.45) is 3.95. The van der Waals surface area contributed by atoms with Crippen molar-refractivity contribution in [2.75, 3.05) is 4.90 Å². The Morgan fingerprint density at radius 1 is 1.07 bits per heavy atom. The highest BCUT2D eigenvalue weighted by atomic mass is 35.5. The van der Waals surface area contributed by atoms with Crippen LogP contribution in [0.2, 0.25) is 5.02 Å². The highest BCUT2D eigenvalue weighted by Crippen LogP contribution is 2.56. The molecule has 150 valence electrons. The van der Waals surface area contributed by atoms with Crippen molar-refractivity contribution in [3.8, 4) is 5.75 Å². The molecule has 0 saturated carbocycles. The predicted octanol–water partition coefficient (Wildman–Crippen LogP) is 5.27. The third-order valence-corrected chi connectivity index (χ3v) is 5.90. The molecule has 6 rings (SSSR count). The molecule has 9 heteroatoms. The molecular formula is C21H14ClF2N5O. The smallest absolute Gasteiger partial charge is 0.387 e. The van der Waals surface area contributed by atoms with Crippen molar-refractivity contribution in [3.63, 3.8) is 0 Å². The molecule has 2 atom stereocenters. The summed E-state index contributed by atoms with van der Waals surface area (Å²) in [5, 5.41) is 0.590. The van der Waals surface area contributed by atoms with Gasteiger partial charge in [0.1, 0.15) is 11.6 Å². The molecule has 2 aromatic carbocycles. The fourth-order valence-corrected chi connectivity index (χ4v) is 4.81. The van der Waals surface area contributed by atoms with E-state index in [1.807, 2.05) is 23.1 Å². The van der Waals surface area contributed by atoms with E-state index in [1.165, 1.54) is 0 Å². The molecule has 0 N–H and O–H groups in total. The first kappa shape index (κ1) is 17.6. The number of hydrogen-bond acceptors (Lipinski definition) is 5. The minimum absolute atomic E-state index is 0.141. The van der Waals surface area contributed by atoms with Crippen molar-refractivity contribution in [2.24, 2.45) is 0 Å². The lowest BCUT2D eigenvalue weighted by atomic mass is 9.93. The second-order valence-corrected chi connectivity index (χ2v) is 7.66. The second kappa shape index (κ2) is 6.37. The van der Waals surface area contributed by atoms with Gasteiger partial charge >= 0.3 is 6.61 Å². The number of benzene rings is 2. The van der Waals surface area contributed by atoms with E-state index in [4.69, 9.17) is 21.3 Å². The topological polar surface area (TPSA) is 56.1 Å². The number of fused-ring (bicyclic) bond motifs is 3. The van der Waals surface area contributed by atoms with E-state index in [2.05, 4.69) is 14.5 Å². The molecule has 0 radical (unpaired) electrons. The summed E-state index contributed by atoms with van der Waals surface area (Å²) in [7, 11) is 0. The van der Waals surface area contributed by atoms with E-state index in [0.29, 0.717) is 23.0 Å². The molecule has 0 unspecified atom stereocenters. The fourth-order valence-electron chi connectivity index (χ4n) is 4.64. The van der Waals surface area contributed by atoms with Crippen LogP contribution in [0.1, 0.15) is 29.9 Å². The fraction of sp³-hybridized carbons (Fsp3) is 0.190. The summed E-state index contributed by atoms with van der Waals surface area (Å²) < 4.78 is 33.4. The van der Waals surface area contributed by atoms with Crippen molar-refractivity contribution >= 4 is 34.3 Å². The van der Waals surface area contributed by atoms with Crippen molar-refractivity contribution in [1.82, 2.24) is 19.5 Å². The van der Waals surface area contributed by atoms with Gasteiger partial charge in [-0.1, -0.05) is 17.7 Å². The molecule has 0 spiro atoms. The van der Waals surface area contributed by atoms with Gasteiger partial charge in [-0.05, 0) is 36.4 Å². The summed E-state index contributed by atoms with van der Waals surface area (Å²) >= 11 is 6.25. The van der Waals surface area contributed by atoms with Gasteiger partial charge in [-0.2, -0.15) is 8.78 Å². The molecule has 2 bridgehead atoms. The van der Waals surface area contributed by atoms with Crippen LogP contribution in [-0.4, -0.2) is 26.1 Å². The van der Waals surface area contributed by atoms with Crippen LogP contribution < -0.4 is 9.64 Å². The SMILES string of the molecule is FC(F)Oc1cccc2c1[C@H]1C[C@H](c3nc4ccc(Cl)cc4n31)N2c1ncccn1. The van der Waals surface area contributed by atoms with Gasteiger partial charge in [-0.25, -0.2) is 15.0 Å². The standard InChI is InChI=1S/C21H14ClF2N5O/c22-11-5-6-12-14(9-11)28-15-10-16(19(28)27-12)29(21-25-7-2-8-26-21)13-3-1-4-17(18(13)15)30-20(23)24/h1-9,15-16,20H,10H2/t15-,16-/m1/s1. The zero-order valence-electron chi connectivity index (χ0n) is 15.4. The lowest BCUT2D eigenvalue weighted by molar-refractivity contribution is -0.0506. The van der Waals surface area contributed by atoms with Crippen LogP contribution >= 0.6 is 11.6 Å².